The van der Waals surface area contributed by atoms with Crippen molar-refractivity contribution in [2.45, 2.75) is 26.4 Å². The molecular formula is C16H16N8O2. The molecule has 4 aromatic rings. The third-order valence-corrected chi connectivity index (χ3v) is 3.99. The predicted molar refractivity (Wildman–Crippen MR) is 89.8 cm³/mol. The SMILES string of the molecule is Cc1noc(-c2cccn3c(CNC(=O)C(C)n4cccn4)nnc23)n1. The van der Waals surface area contributed by atoms with Crippen LogP contribution in [0, 0.1) is 6.92 Å². The van der Waals surface area contributed by atoms with Crippen molar-refractivity contribution in [1.82, 2.24) is 39.8 Å². The Labute approximate surface area is 147 Å². The van der Waals surface area contributed by atoms with Crippen LogP contribution in [-0.2, 0) is 11.3 Å². The van der Waals surface area contributed by atoms with E-state index in [9.17, 15) is 4.79 Å². The second-order valence-corrected chi connectivity index (χ2v) is 5.76. The Morgan fingerprint density at radius 1 is 1.31 bits per heavy atom. The summed E-state index contributed by atoms with van der Waals surface area (Å²) < 4.78 is 8.59. The van der Waals surface area contributed by atoms with Crippen molar-refractivity contribution in [2.24, 2.45) is 0 Å². The molecule has 0 fully saturated rings. The highest BCUT2D eigenvalue weighted by Crippen LogP contribution is 2.22. The predicted octanol–water partition coefficient (Wildman–Crippen LogP) is 1.16. The van der Waals surface area contributed by atoms with Gasteiger partial charge in [0.2, 0.25) is 5.91 Å². The fourth-order valence-electron chi connectivity index (χ4n) is 2.60. The van der Waals surface area contributed by atoms with Gasteiger partial charge in [-0.3, -0.25) is 13.9 Å². The van der Waals surface area contributed by atoms with Gasteiger partial charge in [-0.15, -0.1) is 10.2 Å². The number of pyridine rings is 1. The quantitative estimate of drug-likeness (QED) is 0.573. The van der Waals surface area contributed by atoms with Crippen LogP contribution in [0.4, 0.5) is 0 Å². The molecule has 4 heterocycles. The molecule has 10 nitrogen and oxygen atoms in total. The number of aryl methyl sites for hydroxylation is 1. The van der Waals surface area contributed by atoms with Gasteiger partial charge >= 0.3 is 0 Å². The zero-order valence-corrected chi connectivity index (χ0v) is 14.2. The van der Waals surface area contributed by atoms with Crippen molar-refractivity contribution >= 4 is 11.6 Å². The van der Waals surface area contributed by atoms with E-state index in [0.29, 0.717) is 28.8 Å². The smallest absolute Gasteiger partial charge is 0.261 e. The second kappa shape index (κ2) is 6.39. The van der Waals surface area contributed by atoms with Gasteiger partial charge in [0, 0.05) is 18.6 Å². The molecule has 0 spiro atoms. The number of amides is 1. The summed E-state index contributed by atoms with van der Waals surface area (Å²) in [7, 11) is 0. The average Bonchev–Trinajstić information content (AvgIpc) is 3.39. The number of rotatable bonds is 5. The lowest BCUT2D eigenvalue weighted by Crippen LogP contribution is -2.31. The average molecular weight is 352 g/mol. The monoisotopic (exact) mass is 352 g/mol. The van der Waals surface area contributed by atoms with Crippen LogP contribution in [0.2, 0.25) is 0 Å². The van der Waals surface area contributed by atoms with Crippen molar-refractivity contribution in [3.63, 3.8) is 0 Å². The van der Waals surface area contributed by atoms with E-state index in [1.807, 2.05) is 18.3 Å². The summed E-state index contributed by atoms with van der Waals surface area (Å²) >= 11 is 0. The molecule has 0 saturated heterocycles. The number of aromatic nitrogens is 7. The van der Waals surface area contributed by atoms with E-state index < -0.39 is 6.04 Å². The van der Waals surface area contributed by atoms with Crippen molar-refractivity contribution in [3.8, 4) is 11.5 Å². The summed E-state index contributed by atoms with van der Waals surface area (Å²) in [5.74, 6) is 1.36. The van der Waals surface area contributed by atoms with Gasteiger partial charge < -0.3 is 9.84 Å². The van der Waals surface area contributed by atoms with E-state index >= 15 is 0 Å². The van der Waals surface area contributed by atoms with Crippen LogP contribution in [0.1, 0.15) is 24.6 Å². The fraction of sp³-hybridized carbons (Fsp3) is 0.250. The lowest BCUT2D eigenvalue weighted by atomic mass is 10.2. The molecule has 0 aliphatic carbocycles. The van der Waals surface area contributed by atoms with Crippen LogP contribution in [0.5, 0.6) is 0 Å². The summed E-state index contributed by atoms with van der Waals surface area (Å²) in [4.78, 5) is 16.5. The maximum Gasteiger partial charge on any atom is 0.261 e. The Bertz CT molecular complexity index is 1050. The van der Waals surface area contributed by atoms with Gasteiger partial charge in [0.25, 0.3) is 5.89 Å². The lowest BCUT2D eigenvalue weighted by molar-refractivity contribution is -0.124. The van der Waals surface area contributed by atoms with Crippen LogP contribution >= 0.6 is 0 Å². The summed E-state index contributed by atoms with van der Waals surface area (Å²) in [6.07, 6.45) is 5.20. The number of hydrogen-bond donors (Lipinski definition) is 1. The summed E-state index contributed by atoms with van der Waals surface area (Å²) in [6.45, 7) is 3.76. The zero-order chi connectivity index (χ0) is 18.1. The van der Waals surface area contributed by atoms with Gasteiger partial charge in [-0.05, 0) is 32.0 Å². The second-order valence-electron chi connectivity index (χ2n) is 5.76. The Hall–Kier alpha value is -3.56. The summed E-state index contributed by atoms with van der Waals surface area (Å²) in [5, 5.41) is 19.1. The van der Waals surface area contributed by atoms with Crippen molar-refractivity contribution < 1.29 is 9.32 Å². The van der Waals surface area contributed by atoms with Crippen LogP contribution < -0.4 is 5.32 Å². The molecule has 0 aliphatic rings. The molecule has 1 unspecified atom stereocenters. The Morgan fingerprint density at radius 2 is 2.19 bits per heavy atom. The molecule has 0 aliphatic heterocycles. The highest BCUT2D eigenvalue weighted by molar-refractivity contribution is 5.79. The fourth-order valence-corrected chi connectivity index (χ4v) is 2.60. The summed E-state index contributed by atoms with van der Waals surface area (Å²) in [6, 6.07) is 5.03. The number of nitrogens with zero attached hydrogens (tertiary/aromatic N) is 7. The number of hydrogen-bond acceptors (Lipinski definition) is 7. The minimum absolute atomic E-state index is 0.158. The molecular weight excluding hydrogens is 336 g/mol. The normalized spacial score (nSPS) is 12.4. The van der Waals surface area contributed by atoms with Gasteiger partial charge in [-0.2, -0.15) is 10.1 Å². The number of nitrogens with one attached hydrogen (secondary N) is 1. The van der Waals surface area contributed by atoms with Crippen LogP contribution in [0.15, 0.2) is 41.3 Å². The molecule has 1 amide bonds. The molecule has 0 saturated carbocycles. The molecule has 0 bridgehead atoms. The maximum absolute atomic E-state index is 12.3. The van der Waals surface area contributed by atoms with Crippen molar-refractivity contribution in [1.29, 1.82) is 0 Å². The molecule has 1 atom stereocenters. The number of carbonyl (C=O) groups is 1. The highest BCUT2D eigenvalue weighted by Gasteiger charge is 2.18. The maximum atomic E-state index is 12.3. The molecule has 10 heteroatoms. The van der Waals surface area contributed by atoms with Crippen LogP contribution in [-0.4, -0.2) is 40.4 Å². The summed E-state index contributed by atoms with van der Waals surface area (Å²) in [5.41, 5.74) is 1.27. The Balaban J connectivity index is 1.55. The number of carbonyl (C=O) groups excluding carboxylic acids is 1. The van der Waals surface area contributed by atoms with Gasteiger partial charge in [-0.25, -0.2) is 0 Å². The third kappa shape index (κ3) is 2.81. The van der Waals surface area contributed by atoms with Gasteiger partial charge in [-0.1, -0.05) is 5.16 Å². The van der Waals surface area contributed by atoms with Crippen LogP contribution in [0.25, 0.3) is 17.1 Å². The Kier molecular flexibility index (Phi) is 3.92. The lowest BCUT2D eigenvalue weighted by Gasteiger charge is -2.12. The molecule has 0 radical (unpaired) electrons. The Morgan fingerprint density at radius 3 is 2.92 bits per heavy atom. The van der Waals surface area contributed by atoms with E-state index in [-0.39, 0.29) is 12.5 Å². The van der Waals surface area contributed by atoms with Crippen molar-refractivity contribution in [2.75, 3.05) is 0 Å². The third-order valence-electron chi connectivity index (χ3n) is 3.99. The highest BCUT2D eigenvalue weighted by atomic mass is 16.5. The first kappa shape index (κ1) is 15.9. The van der Waals surface area contributed by atoms with E-state index in [1.54, 1.807) is 41.4 Å². The van der Waals surface area contributed by atoms with Gasteiger partial charge in [0.1, 0.15) is 6.04 Å². The minimum atomic E-state index is -0.416. The van der Waals surface area contributed by atoms with Gasteiger partial charge in [0.15, 0.2) is 17.3 Å². The van der Waals surface area contributed by atoms with Gasteiger partial charge in [0.05, 0.1) is 12.1 Å². The van der Waals surface area contributed by atoms with E-state index in [1.165, 1.54) is 0 Å². The van der Waals surface area contributed by atoms with Crippen molar-refractivity contribution in [3.05, 3.63) is 48.4 Å². The first-order valence-corrected chi connectivity index (χ1v) is 8.03. The van der Waals surface area contributed by atoms with E-state index in [0.717, 1.165) is 0 Å². The minimum Gasteiger partial charge on any atom is -0.347 e. The first-order chi connectivity index (χ1) is 12.6. The van der Waals surface area contributed by atoms with Crippen LogP contribution in [0.3, 0.4) is 0 Å². The zero-order valence-electron chi connectivity index (χ0n) is 14.2. The molecule has 4 rings (SSSR count). The molecule has 132 valence electrons. The molecule has 0 aromatic carbocycles. The molecule has 4 aromatic heterocycles. The molecule has 26 heavy (non-hydrogen) atoms. The largest absolute Gasteiger partial charge is 0.347 e. The topological polar surface area (TPSA) is 116 Å². The first-order valence-electron chi connectivity index (χ1n) is 8.03. The van der Waals surface area contributed by atoms with E-state index in [4.69, 9.17) is 4.52 Å². The van der Waals surface area contributed by atoms with E-state index in [2.05, 4.69) is 30.8 Å². The molecule has 1 N–H and O–H groups in total. The standard InChI is InChI=1S/C16H16N8O2/c1-10(24-8-4-6-18-24)15(25)17-9-13-20-21-14-12(5-3-7-23(13)14)16-19-11(2)22-26-16/h3-8,10H,9H2,1-2H3,(H,17,25). The number of fused-ring (bicyclic) bond motifs is 1.